The SMILES string of the molecule is CCCCCCCCCCCCCCCCCC(=O)OCC(COC(=O)CC([NH3+])C(=O)O)OC(=O)CCCCCCCCCCCCCCCCC. The highest BCUT2D eigenvalue weighted by Gasteiger charge is 2.24. The second kappa shape index (κ2) is 38.6. The predicted molar refractivity (Wildman–Crippen MR) is 210 cm³/mol. The molecule has 0 aliphatic carbocycles. The molecule has 0 radical (unpaired) electrons. The molecule has 0 fully saturated rings. The molecule has 52 heavy (non-hydrogen) atoms. The summed E-state index contributed by atoms with van der Waals surface area (Å²) < 4.78 is 16.1. The van der Waals surface area contributed by atoms with Crippen molar-refractivity contribution in [1.29, 1.82) is 0 Å². The highest BCUT2D eigenvalue weighted by Crippen LogP contribution is 2.16. The van der Waals surface area contributed by atoms with E-state index in [1.165, 1.54) is 154 Å². The molecule has 0 amide bonds. The third-order valence-electron chi connectivity index (χ3n) is 9.89. The summed E-state index contributed by atoms with van der Waals surface area (Å²) in [5, 5.41) is 9.01. The van der Waals surface area contributed by atoms with Crippen molar-refractivity contribution in [1.82, 2.24) is 0 Å². The molecular formula is C43H82NO8+. The van der Waals surface area contributed by atoms with E-state index in [9.17, 15) is 19.2 Å². The molecule has 0 aromatic carbocycles. The summed E-state index contributed by atoms with van der Waals surface area (Å²) in [5.74, 6) is -2.74. The van der Waals surface area contributed by atoms with Gasteiger partial charge < -0.3 is 25.1 Å². The maximum atomic E-state index is 12.6. The summed E-state index contributed by atoms with van der Waals surface area (Å²) in [6.07, 6.45) is 36.5. The first kappa shape index (κ1) is 49.8. The van der Waals surface area contributed by atoms with Gasteiger partial charge in [-0.1, -0.05) is 194 Å². The molecule has 4 N–H and O–H groups in total. The van der Waals surface area contributed by atoms with Gasteiger partial charge in [0.1, 0.15) is 19.6 Å². The molecule has 0 rings (SSSR count). The number of esters is 3. The average Bonchev–Trinajstić information content (AvgIpc) is 3.12. The van der Waals surface area contributed by atoms with Crippen molar-refractivity contribution in [2.24, 2.45) is 0 Å². The van der Waals surface area contributed by atoms with Crippen LogP contribution in [0.5, 0.6) is 0 Å². The van der Waals surface area contributed by atoms with Crippen LogP contribution in [0, 0.1) is 0 Å². The van der Waals surface area contributed by atoms with Crippen LogP contribution in [0.2, 0.25) is 0 Å². The summed E-state index contributed by atoms with van der Waals surface area (Å²) in [6.45, 7) is 4.00. The Kier molecular flexibility index (Phi) is 37.0. The first-order chi connectivity index (χ1) is 25.3. The number of aliphatic carboxylic acids is 1. The van der Waals surface area contributed by atoms with Crippen molar-refractivity contribution in [2.45, 2.75) is 238 Å². The number of carbonyl (C=O) groups excluding carboxylic acids is 3. The zero-order chi connectivity index (χ0) is 38.3. The van der Waals surface area contributed by atoms with Crippen molar-refractivity contribution < 1.29 is 44.2 Å². The number of hydrogen-bond donors (Lipinski definition) is 2. The number of quaternary nitrogens is 1. The Morgan fingerprint density at radius 3 is 1.06 bits per heavy atom. The van der Waals surface area contributed by atoms with E-state index in [0.29, 0.717) is 12.8 Å². The van der Waals surface area contributed by atoms with Crippen LogP contribution in [0.4, 0.5) is 0 Å². The van der Waals surface area contributed by atoms with Crippen molar-refractivity contribution in [3.05, 3.63) is 0 Å². The number of carboxylic acid groups (broad SMARTS) is 1. The van der Waals surface area contributed by atoms with Crippen molar-refractivity contribution in [3.63, 3.8) is 0 Å². The molecular weight excluding hydrogens is 658 g/mol. The summed E-state index contributed by atoms with van der Waals surface area (Å²) >= 11 is 0. The number of ether oxygens (including phenoxy) is 3. The molecule has 9 nitrogen and oxygen atoms in total. The first-order valence-electron chi connectivity index (χ1n) is 21.9. The largest absolute Gasteiger partial charge is 0.477 e. The Morgan fingerprint density at radius 1 is 0.442 bits per heavy atom. The zero-order valence-corrected chi connectivity index (χ0v) is 33.9. The average molecular weight is 741 g/mol. The lowest BCUT2D eigenvalue weighted by atomic mass is 10.0. The van der Waals surface area contributed by atoms with E-state index in [4.69, 9.17) is 19.3 Å². The van der Waals surface area contributed by atoms with Gasteiger partial charge in [-0.3, -0.25) is 14.4 Å². The molecule has 2 unspecified atom stereocenters. The lowest BCUT2D eigenvalue weighted by molar-refractivity contribution is -0.407. The molecule has 0 aromatic rings. The fourth-order valence-electron chi connectivity index (χ4n) is 6.43. The third-order valence-corrected chi connectivity index (χ3v) is 9.89. The number of rotatable bonds is 40. The molecule has 2 atom stereocenters. The van der Waals surface area contributed by atoms with E-state index in [1.807, 2.05) is 0 Å². The van der Waals surface area contributed by atoms with Crippen LogP contribution in [0.1, 0.15) is 226 Å². The van der Waals surface area contributed by atoms with E-state index in [-0.39, 0.29) is 25.6 Å². The Balaban J connectivity index is 4.16. The van der Waals surface area contributed by atoms with Crippen LogP contribution in [-0.4, -0.2) is 54.3 Å². The zero-order valence-electron chi connectivity index (χ0n) is 33.9. The smallest absolute Gasteiger partial charge is 0.362 e. The standard InChI is InChI=1S/C43H81NO8/c1-3-5-7-9-11-13-15-17-19-21-23-25-27-29-31-33-40(45)50-36-38(37-51-42(47)35-39(44)43(48)49)52-41(46)34-32-30-28-26-24-22-20-18-16-14-12-10-8-6-4-2/h38-39H,3-37,44H2,1-2H3,(H,48,49)/p+1. The molecule has 0 saturated carbocycles. The minimum absolute atomic E-state index is 0.206. The van der Waals surface area contributed by atoms with E-state index in [2.05, 4.69) is 19.6 Å². The Bertz CT molecular complexity index is 851. The second-order valence-corrected chi connectivity index (χ2v) is 15.1. The molecule has 0 heterocycles. The van der Waals surface area contributed by atoms with Gasteiger partial charge >= 0.3 is 23.9 Å². The van der Waals surface area contributed by atoms with Gasteiger partial charge in [-0.05, 0) is 12.8 Å². The van der Waals surface area contributed by atoms with Crippen molar-refractivity contribution in [2.75, 3.05) is 13.2 Å². The highest BCUT2D eigenvalue weighted by atomic mass is 16.6. The van der Waals surface area contributed by atoms with Gasteiger partial charge in [0, 0.05) is 12.8 Å². The fourth-order valence-corrected chi connectivity index (χ4v) is 6.43. The quantitative estimate of drug-likeness (QED) is 0.0359. The first-order valence-corrected chi connectivity index (χ1v) is 21.9. The van der Waals surface area contributed by atoms with Gasteiger partial charge in [0.05, 0.1) is 0 Å². The topological polar surface area (TPSA) is 144 Å². The molecule has 0 aromatic heterocycles. The van der Waals surface area contributed by atoms with Gasteiger partial charge in [0.25, 0.3) is 0 Å². The van der Waals surface area contributed by atoms with Crippen molar-refractivity contribution in [3.8, 4) is 0 Å². The summed E-state index contributed by atoms with van der Waals surface area (Å²) in [5.41, 5.74) is 3.43. The second-order valence-electron chi connectivity index (χ2n) is 15.1. The summed E-state index contributed by atoms with van der Waals surface area (Å²) in [6, 6.07) is -1.13. The molecule has 0 aliphatic rings. The Labute approximate surface area is 318 Å². The Hall–Kier alpha value is -2.16. The molecule has 0 aliphatic heterocycles. The maximum Gasteiger partial charge on any atom is 0.362 e. The molecule has 306 valence electrons. The van der Waals surface area contributed by atoms with E-state index in [1.54, 1.807) is 0 Å². The van der Waals surface area contributed by atoms with Gasteiger partial charge in [0.15, 0.2) is 12.1 Å². The Morgan fingerprint density at radius 2 is 0.731 bits per heavy atom. The number of unbranched alkanes of at least 4 members (excludes halogenated alkanes) is 28. The minimum Gasteiger partial charge on any atom is -0.477 e. The normalized spacial score (nSPS) is 12.4. The van der Waals surface area contributed by atoms with Crippen LogP contribution in [-0.2, 0) is 33.4 Å². The molecule has 0 bridgehead atoms. The minimum atomic E-state index is -1.20. The number of carboxylic acids is 1. The van der Waals surface area contributed by atoms with Crippen LogP contribution >= 0.6 is 0 Å². The predicted octanol–water partition coefficient (Wildman–Crippen LogP) is 10.6. The van der Waals surface area contributed by atoms with Gasteiger partial charge in [-0.25, -0.2) is 4.79 Å². The fraction of sp³-hybridized carbons (Fsp3) is 0.907. The molecule has 0 saturated heterocycles. The maximum absolute atomic E-state index is 12.6. The van der Waals surface area contributed by atoms with Gasteiger partial charge in [-0.2, -0.15) is 0 Å². The van der Waals surface area contributed by atoms with E-state index >= 15 is 0 Å². The summed E-state index contributed by atoms with van der Waals surface area (Å²) in [7, 11) is 0. The number of carbonyl (C=O) groups is 4. The third kappa shape index (κ3) is 36.2. The van der Waals surface area contributed by atoms with Crippen LogP contribution in [0.25, 0.3) is 0 Å². The van der Waals surface area contributed by atoms with Crippen LogP contribution < -0.4 is 5.73 Å². The highest BCUT2D eigenvalue weighted by molar-refractivity contribution is 5.80. The van der Waals surface area contributed by atoms with E-state index < -0.39 is 36.5 Å². The van der Waals surface area contributed by atoms with Gasteiger partial charge in [0.2, 0.25) is 0 Å². The lowest BCUT2D eigenvalue weighted by Crippen LogP contribution is -2.65. The van der Waals surface area contributed by atoms with Crippen LogP contribution in [0.15, 0.2) is 0 Å². The van der Waals surface area contributed by atoms with Gasteiger partial charge in [-0.15, -0.1) is 0 Å². The van der Waals surface area contributed by atoms with Crippen LogP contribution in [0.3, 0.4) is 0 Å². The van der Waals surface area contributed by atoms with E-state index in [0.717, 1.165) is 32.1 Å². The van der Waals surface area contributed by atoms with Crippen molar-refractivity contribution >= 4 is 23.9 Å². The molecule has 9 heteroatoms. The lowest BCUT2D eigenvalue weighted by Gasteiger charge is -2.18. The number of hydrogen-bond acceptors (Lipinski definition) is 7. The molecule has 0 spiro atoms. The monoisotopic (exact) mass is 741 g/mol. The summed E-state index contributed by atoms with van der Waals surface area (Å²) in [4.78, 5) is 48.1.